The molecule has 4 nitrogen and oxygen atoms in total. The summed E-state index contributed by atoms with van der Waals surface area (Å²) >= 11 is 0. The Bertz CT molecular complexity index is 343. The first-order valence-electron chi connectivity index (χ1n) is 8.61. The van der Waals surface area contributed by atoms with Crippen molar-refractivity contribution in [3.63, 3.8) is 0 Å². The maximum absolute atomic E-state index is 12.2. The van der Waals surface area contributed by atoms with Crippen LogP contribution in [0, 0.1) is 5.92 Å². The van der Waals surface area contributed by atoms with Crippen molar-refractivity contribution in [3.8, 4) is 0 Å². The minimum absolute atomic E-state index is 0.141. The third-order valence-electron chi connectivity index (χ3n) is 4.79. The summed E-state index contributed by atoms with van der Waals surface area (Å²) in [5.41, 5.74) is -0.602. The van der Waals surface area contributed by atoms with Crippen molar-refractivity contribution in [1.82, 2.24) is 5.32 Å². The molecule has 2 aliphatic carbocycles. The molecular formula is C17H31NO3. The average molecular weight is 297 g/mol. The lowest BCUT2D eigenvalue weighted by molar-refractivity contribution is -0.152. The van der Waals surface area contributed by atoms with Crippen LogP contribution in [0.5, 0.6) is 0 Å². The van der Waals surface area contributed by atoms with Crippen molar-refractivity contribution in [1.29, 1.82) is 0 Å². The predicted molar refractivity (Wildman–Crippen MR) is 83.2 cm³/mol. The summed E-state index contributed by atoms with van der Waals surface area (Å²) in [4.78, 5) is 12.2. The maximum atomic E-state index is 12.2. The number of nitrogens with one attached hydrogen (secondary N) is 1. The molecule has 0 aliphatic heterocycles. The van der Waals surface area contributed by atoms with Gasteiger partial charge in [0.05, 0.1) is 12.7 Å². The number of hydrogen-bond donors (Lipinski definition) is 1. The lowest BCUT2D eigenvalue weighted by Crippen LogP contribution is -2.52. The first-order chi connectivity index (χ1) is 10.0. The average Bonchev–Trinajstić information content (AvgIpc) is 3.25. The standard InChI is InChI=1S/C17H31NO3/c1-4-20-16(19)17(3,18-14-9-10-14)11-12-21-15-8-6-5-7-13(15)2/h13-15,18H,4-12H2,1-3H3. The Kier molecular flexibility index (Phi) is 6.06. The van der Waals surface area contributed by atoms with Gasteiger partial charge >= 0.3 is 5.97 Å². The van der Waals surface area contributed by atoms with E-state index in [1.165, 1.54) is 19.3 Å². The van der Waals surface area contributed by atoms with Gasteiger partial charge in [-0.05, 0) is 51.9 Å². The van der Waals surface area contributed by atoms with E-state index in [1.807, 2.05) is 13.8 Å². The molecule has 0 spiro atoms. The molecule has 2 aliphatic rings. The van der Waals surface area contributed by atoms with Crippen molar-refractivity contribution in [2.24, 2.45) is 5.92 Å². The molecule has 0 radical (unpaired) electrons. The zero-order chi connectivity index (χ0) is 15.3. The fraction of sp³-hybridized carbons (Fsp3) is 0.941. The van der Waals surface area contributed by atoms with Gasteiger partial charge in [0.25, 0.3) is 0 Å². The molecule has 2 fully saturated rings. The summed E-state index contributed by atoms with van der Waals surface area (Å²) in [6.07, 6.45) is 8.39. The number of carbonyl (C=O) groups excluding carboxylic acids is 1. The van der Waals surface area contributed by atoms with Gasteiger partial charge in [0.15, 0.2) is 0 Å². The Morgan fingerprint density at radius 3 is 2.57 bits per heavy atom. The normalized spacial score (nSPS) is 28.9. The molecule has 2 saturated carbocycles. The van der Waals surface area contributed by atoms with Crippen LogP contribution in [0.15, 0.2) is 0 Å². The second kappa shape index (κ2) is 7.59. The second-order valence-electron chi connectivity index (χ2n) is 6.89. The quantitative estimate of drug-likeness (QED) is 0.700. The third kappa shape index (κ3) is 4.96. The van der Waals surface area contributed by atoms with Crippen LogP contribution < -0.4 is 5.32 Å². The summed E-state index contributed by atoms with van der Waals surface area (Å²) in [6.45, 7) is 7.15. The summed E-state index contributed by atoms with van der Waals surface area (Å²) in [6, 6.07) is 0.480. The van der Waals surface area contributed by atoms with Crippen molar-refractivity contribution in [2.75, 3.05) is 13.2 Å². The van der Waals surface area contributed by atoms with E-state index in [2.05, 4.69) is 12.2 Å². The number of rotatable bonds is 8. The van der Waals surface area contributed by atoms with E-state index in [-0.39, 0.29) is 5.97 Å². The van der Waals surface area contributed by atoms with E-state index in [9.17, 15) is 4.79 Å². The highest BCUT2D eigenvalue weighted by molar-refractivity contribution is 5.80. The van der Waals surface area contributed by atoms with E-state index in [1.54, 1.807) is 0 Å². The van der Waals surface area contributed by atoms with E-state index >= 15 is 0 Å². The van der Waals surface area contributed by atoms with Gasteiger partial charge < -0.3 is 9.47 Å². The molecule has 4 heteroatoms. The minimum Gasteiger partial charge on any atom is -0.465 e. The van der Waals surface area contributed by atoms with Gasteiger partial charge in [-0.1, -0.05) is 19.8 Å². The highest BCUT2D eigenvalue weighted by Crippen LogP contribution is 2.28. The number of hydrogen-bond acceptors (Lipinski definition) is 4. The lowest BCUT2D eigenvalue weighted by atomic mass is 9.88. The molecule has 0 saturated heterocycles. The van der Waals surface area contributed by atoms with Crippen LogP contribution >= 0.6 is 0 Å². The van der Waals surface area contributed by atoms with Crippen molar-refractivity contribution >= 4 is 5.97 Å². The molecule has 0 aromatic carbocycles. The molecule has 2 rings (SSSR count). The Balaban J connectivity index is 1.81. The monoisotopic (exact) mass is 297 g/mol. The number of ether oxygens (including phenoxy) is 2. The summed E-state index contributed by atoms with van der Waals surface area (Å²) in [5, 5.41) is 3.45. The Morgan fingerprint density at radius 1 is 1.24 bits per heavy atom. The van der Waals surface area contributed by atoms with Crippen molar-refractivity contribution in [3.05, 3.63) is 0 Å². The first kappa shape index (κ1) is 16.8. The first-order valence-corrected chi connectivity index (χ1v) is 8.61. The van der Waals surface area contributed by atoms with Gasteiger partial charge in [-0.15, -0.1) is 0 Å². The SMILES string of the molecule is CCOC(=O)C(C)(CCOC1CCCCC1C)NC1CC1. The Hall–Kier alpha value is -0.610. The van der Waals surface area contributed by atoms with Gasteiger partial charge in [0.2, 0.25) is 0 Å². The molecule has 0 heterocycles. The fourth-order valence-electron chi connectivity index (χ4n) is 3.15. The van der Waals surface area contributed by atoms with Crippen LogP contribution in [0.2, 0.25) is 0 Å². The molecule has 1 N–H and O–H groups in total. The third-order valence-corrected chi connectivity index (χ3v) is 4.79. The fourth-order valence-corrected chi connectivity index (χ4v) is 3.15. The summed E-state index contributed by atoms with van der Waals surface area (Å²) in [7, 11) is 0. The Labute approximate surface area is 129 Å². The van der Waals surface area contributed by atoms with Crippen molar-refractivity contribution in [2.45, 2.75) is 83.4 Å². The van der Waals surface area contributed by atoms with Crippen LogP contribution in [-0.4, -0.2) is 36.9 Å². The van der Waals surface area contributed by atoms with Gasteiger partial charge in [-0.3, -0.25) is 10.1 Å². The largest absolute Gasteiger partial charge is 0.465 e. The van der Waals surface area contributed by atoms with Crippen LogP contribution in [-0.2, 0) is 14.3 Å². The Morgan fingerprint density at radius 2 is 1.95 bits per heavy atom. The zero-order valence-electron chi connectivity index (χ0n) is 13.8. The van der Waals surface area contributed by atoms with Gasteiger partial charge in [0, 0.05) is 12.6 Å². The van der Waals surface area contributed by atoms with Crippen LogP contribution in [0.4, 0.5) is 0 Å². The number of carbonyl (C=O) groups is 1. The van der Waals surface area contributed by atoms with Crippen molar-refractivity contribution < 1.29 is 14.3 Å². The number of esters is 1. The highest BCUT2D eigenvalue weighted by Gasteiger charge is 2.39. The molecule has 0 aromatic heterocycles. The second-order valence-corrected chi connectivity index (χ2v) is 6.89. The van der Waals surface area contributed by atoms with Crippen LogP contribution in [0.1, 0.15) is 65.7 Å². The lowest BCUT2D eigenvalue weighted by Gasteiger charge is -2.32. The topological polar surface area (TPSA) is 47.6 Å². The predicted octanol–water partition coefficient (Wildman–Crippen LogP) is 3.05. The zero-order valence-corrected chi connectivity index (χ0v) is 13.8. The van der Waals surface area contributed by atoms with E-state index in [0.717, 1.165) is 19.3 Å². The van der Waals surface area contributed by atoms with Gasteiger partial charge in [-0.2, -0.15) is 0 Å². The van der Waals surface area contributed by atoms with Gasteiger partial charge in [-0.25, -0.2) is 0 Å². The molecule has 0 bridgehead atoms. The molecule has 0 aromatic rings. The van der Waals surface area contributed by atoms with E-state index in [4.69, 9.17) is 9.47 Å². The van der Waals surface area contributed by atoms with Crippen LogP contribution in [0.3, 0.4) is 0 Å². The molecule has 0 amide bonds. The highest BCUT2D eigenvalue weighted by atomic mass is 16.5. The maximum Gasteiger partial charge on any atom is 0.326 e. The molecular weight excluding hydrogens is 266 g/mol. The molecule has 21 heavy (non-hydrogen) atoms. The van der Waals surface area contributed by atoms with Crippen LogP contribution in [0.25, 0.3) is 0 Å². The molecule has 3 atom stereocenters. The van der Waals surface area contributed by atoms with E-state index < -0.39 is 5.54 Å². The summed E-state index contributed by atoms with van der Waals surface area (Å²) in [5.74, 6) is 0.501. The molecule has 122 valence electrons. The van der Waals surface area contributed by atoms with Gasteiger partial charge in [0.1, 0.15) is 5.54 Å². The smallest absolute Gasteiger partial charge is 0.326 e. The minimum atomic E-state index is -0.602. The molecule has 3 unspecified atom stereocenters. The van der Waals surface area contributed by atoms with E-state index in [0.29, 0.717) is 37.7 Å². The summed E-state index contributed by atoms with van der Waals surface area (Å²) < 4.78 is 11.3.